The standard InChI is InChI=1S/C22H27N3O4S/c1-22(2,3)16-9-7-15(8-10-16)21(27)23-14-20(26)24-18-5-4-6-19(13-18)30(28,29)25-17-11-12-17/h4-10,13,17,25H,11-12,14H2,1-3H3,(H,23,27)(H,24,26). The molecule has 7 nitrogen and oxygen atoms in total. The lowest BCUT2D eigenvalue weighted by Gasteiger charge is -2.19. The van der Waals surface area contributed by atoms with Crippen molar-refractivity contribution in [3.05, 3.63) is 59.7 Å². The molecule has 0 unspecified atom stereocenters. The van der Waals surface area contributed by atoms with Crippen LogP contribution in [0, 0.1) is 0 Å². The van der Waals surface area contributed by atoms with Crippen molar-refractivity contribution in [2.24, 2.45) is 0 Å². The predicted octanol–water partition coefficient (Wildman–Crippen LogP) is 2.79. The van der Waals surface area contributed by atoms with Crippen molar-refractivity contribution in [2.45, 2.75) is 50.0 Å². The van der Waals surface area contributed by atoms with Gasteiger partial charge in [-0.2, -0.15) is 0 Å². The quantitative estimate of drug-likeness (QED) is 0.629. The van der Waals surface area contributed by atoms with Crippen molar-refractivity contribution < 1.29 is 18.0 Å². The zero-order chi connectivity index (χ0) is 21.9. The summed E-state index contributed by atoms with van der Waals surface area (Å²) in [5.74, 6) is -0.796. The van der Waals surface area contributed by atoms with Crippen LogP contribution in [0.15, 0.2) is 53.4 Å². The smallest absolute Gasteiger partial charge is 0.251 e. The lowest BCUT2D eigenvalue weighted by molar-refractivity contribution is -0.115. The van der Waals surface area contributed by atoms with Gasteiger partial charge in [0.05, 0.1) is 11.4 Å². The van der Waals surface area contributed by atoms with E-state index >= 15 is 0 Å². The maximum Gasteiger partial charge on any atom is 0.251 e. The summed E-state index contributed by atoms with van der Waals surface area (Å²) < 4.78 is 27.2. The van der Waals surface area contributed by atoms with Crippen LogP contribution in [0.1, 0.15) is 49.5 Å². The van der Waals surface area contributed by atoms with Crippen molar-refractivity contribution in [2.75, 3.05) is 11.9 Å². The van der Waals surface area contributed by atoms with Crippen LogP contribution in [-0.2, 0) is 20.2 Å². The summed E-state index contributed by atoms with van der Waals surface area (Å²) in [6.45, 7) is 6.05. The lowest BCUT2D eigenvalue weighted by Crippen LogP contribution is -2.33. The number of hydrogen-bond donors (Lipinski definition) is 3. The molecule has 0 aliphatic heterocycles. The first-order valence-electron chi connectivity index (χ1n) is 9.85. The van der Waals surface area contributed by atoms with Gasteiger partial charge in [0.1, 0.15) is 0 Å². The van der Waals surface area contributed by atoms with Gasteiger partial charge in [-0.15, -0.1) is 0 Å². The first-order chi connectivity index (χ1) is 14.0. The molecule has 3 rings (SSSR count). The summed E-state index contributed by atoms with van der Waals surface area (Å²) in [7, 11) is -3.60. The lowest BCUT2D eigenvalue weighted by atomic mass is 9.87. The Balaban J connectivity index is 1.55. The molecule has 0 spiro atoms. The van der Waals surface area contributed by atoms with Gasteiger partial charge in [0.2, 0.25) is 15.9 Å². The number of carbonyl (C=O) groups excluding carboxylic acids is 2. The van der Waals surface area contributed by atoms with Gasteiger partial charge in [-0.1, -0.05) is 39.0 Å². The molecule has 0 aromatic heterocycles. The molecule has 8 heteroatoms. The molecule has 1 aliphatic rings. The van der Waals surface area contributed by atoms with Gasteiger partial charge < -0.3 is 10.6 Å². The third-order valence-corrected chi connectivity index (χ3v) is 6.27. The normalized spacial score (nSPS) is 14.2. The van der Waals surface area contributed by atoms with E-state index < -0.39 is 15.9 Å². The van der Waals surface area contributed by atoms with Crippen molar-refractivity contribution in [3.8, 4) is 0 Å². The van der Waals surface area contributed by atoms with Crippen LogP contribution in [-0.4, -0.2) is 32.8 Å². The van der Waals surface area contributed by atoms with Gasteiger partial charge in [0.25, 0.3) is 5.91 Å². The van der Waals surface area contributed by atoms with Gasteiger partial charge >= 0.3 is 0 Å². The van der Waals surface area contributed by atoms with Crippen molar-refractivity contribution in [1.82, 2.24) is 10.0 Å². The second-order valence-corrected chi connectivity index (χ2v) is 10.2. The highest BCUT2D eigenvalue weighted by Gasteiger charge is 2.28. The van der Waals surface area contributed by atoms with E-state index in [9.17, 15) is 18.0 Å². The minimum atomic E-state index is -3.60. The highest BCUT2D eigenvalue weighted by atomic mass is 32.2. The molecule has 0 atom stereocenters. The molecular weight excluding hydrogens is 402 g/mol. The third-order valence-electron chi connectivity index (χ3n) is 4.75. The second-order valence-electron chi connectivity index (χ2n) is 8.48. The Morgan fingerprint density at radius 1 is 1.03 bits per heavy atom. The molecule has 160 valence electrons. The zero-order valence-corrected chi connectivity index (χ0v) is 18.2. The molecule has 3 N–H and O–H groups in total. The average Bonchev–Trinajstić information content (AvgIpc) is 3.49. The van der Waals surface area contributed by atoms with E-state index in [4.69, 9.17) is 0 Å². The predicted molar refractivity (Wildman–Crippen MR) is 116 cm³/mol. The van der Waals surface area contributed by atoms with Crippen LogP contribution in [0.2, 0.25) is 0 Å². The number of amides is 2. The molecule has 1 fully saturated rings. The fourth-order valence-corrected chi connectivity index (χ4v) is 4.17. The summed E-state index contributed by atoms with van der Waals surface area (Å²) in [5, 5.41) is 5.19. The Labute approximate surface area is 177 Å². The molecule has 2 aromatic rings. The largest absolute Gasteiger partial charge is 0.343 e. The Morgan fingerprint density at radius 3 is 2.30 bits per heavy atom. The minimum Gasteiger partial charge on any atom is -0.343 e. The number of nitrogens with one attached hydrogen (secondary N) is 3. The second kappa shape index (κ2) is 8.57. The molecule has 1 aliphatic carbocycles. The van der Waals surface area contributed by atoms with Crippen LogP contribution in [0.25, 0.3) is 0 Å². The number of benzene rings is 2. The Morgan fingerprint density at radius 2 is 1.70 bits per heavy atom. The van der Waals surface area contributed by atoms with Crippen LogP contribution >= 0.6 is 0 Å². The molecule has 2 amide bonds. The molecule has 0 radical (unpaired) electrons. The monoisotopic (exact) mass is 429 g/mol. The number of anilines is 1. The van der Waals surface area contributed by atoms with Crippen LogP contribution in [0.4, 0.5) is 5.69 Å². The Kier molecular flexibility index (Phi) is 6.28. The summed E-state index contributed by atoms with van der Waals surface area (Å²) in [5.41, 5.74) is 1.92. The number of hydrogen-bond acceptors (Lipinski definition) is 4. The maximum atomic E-state index is 12.3. The first-order valence-corrected chi connectivity index (χ1v) is 11.3. The third kappa shape index (κ3) is 5.90. The van der Waals surface area contributed by atoms with Crippen LogP contribution in [0.5, 0.6) is 0 Å². The Bertz CT molecular complexity index is 1040. The van der Waals surface area contributed by atoms with E-state index in [1.807, 2.05) is 12.1 Å². The molecule has 30 heavy (non-hydrogen) atoms. The molecule has 0 bridgehead atoms. The van der Waals surface area contributed by atoms with E-state index in [1.54, 1.807) is 24.3 Å². The highest BCUT2D eigenvalue weighted by molar-refractivity contribution is 7.89. The van der Waals surface area contributed by atoms with Crippen molar-refractivity contribution in [3.63, 3.8) is 0 Å². The van der Waals surface area contributed by atoms with Crippen LogP contribution in [0.3, 0.4) is 0 Å². The van der Waals surface area contributed by atoms with E-state index in [0.717, 1.165) is 18.4 Å². The van der Waals surface area contributed by atoms with E-state index in [2.05, 4.69) is 36.1 Å². The summed E-state index contributed by atoms with van der Waals surface area (Å²) in [6, 6.07) is 13.3. The molecular formula is C22H27N3O4S. The number of rotatable bonds is 7. The highest BCUT2D eigenvalue weighted by Crippen LogP contribution is 2.23. The fourth-order valence-electron chi connectivity index (χ4n) is 2.82. The van der Waals surface area contributed by atoms with Crippen molar-refractivity contribution >= 4 is 27.5 Å². The van der Waals surface area contributed by atoms with Crippen LogP contribution < -0.4 is 15.4 Å². The number of carbonyl (C=O) groups is 2. The molecule has 0 heterocycles. The van der Waals surface area contributed by atoms with Gasteiger partial charge in [-0.05, 0) is 54.2 Å². The van der Waals surface area contributed by atoms with E-state index in [1.165, 1.54) is 12.1 Å². The summed E-state index contributed by atoms with van der Waals surface area (Å²) in [6.07, 6.45) is 1.68. The SMILES string of the molecule is CC(C)(C)c1ccc(C(=O)NCC(=O)Nc2cccc(S(=O)(=O)NC3CC3)c2)cc1. The van der Waals surface area contributed by atoms with E-state index in [-0.39, 0.29) is 28.8 Å². The summed E-state index contributed by atoms with van der Waals surface area (Å²) in [4.78, 5) is 24.6. The van der Waals surface area contributed by atoms with Gasteiger partial charge in [0, 0.05) is 17.3 Å². The van der Waals surface area contributed by atoms with Crippen molar-refractivity contribution in [1.29, 1.82) is 0 Å². The molecule has 1 saturated carbocycles. The topological polar surface area (TPSA) is 104 Å². The minimum absolute atomic E-state index is 0.000855. The first kappa shape index (κ1) is 22.0. The average molecular weight is 430 g/mol. The van der Waals surface area contributed by atoms with Gasteiger partial charge in [-0.25, -0.2) is 13.1 Å². The number of sulfonamides is 1. The van der Waals surface area contributed by atoms with Gasteiger partial charge in [0.15, 0.2) is 0 Å². The molecule has 2 aromatic carbocycles. The summed E-state index contributed by atoms with van der Waals surface area (Å²) >= 11 is 0. The zero-order valence-electron chi connectivity index (χ0n) is 17.4. The maximum absolute atomic E-state index is 12.3. The van der Waals surface area contributed by atoms with E-state index in [0.29, 0.717) is 11.3 Å². The Hall–Kier alpha value is -2.71. The van der Waals surface area contributed by atoms with Gasteiger partial charge in [-0.3, -0.25) is 9.59 Å². The molecule has 0 saturated heterocycles. The fraction of sp³-hybridized carbons (Fsp3) is 0.364.